The Labute approximate surface area is 288 Å². The van der Waals surface area contributed by atoms with Gasteiger partial charge in [0, 0.05) is 12.8 Å². The van der Waals surface area contributed by atoms with E-state index in [1.165, 1.54) is 225 Å². The van der Waals surface area contributed by atoms with E-state index < -0.39 is 5.97 Å². The van der Waals surface area contributed by atoms with Gasteiger partial charge in [0.2, 0.25) is 0 Å². The molecule has 0 aromatic rings. The number of carbonyl (C=O) groups is 2. The van der Waals surface area contributed by atoms with Crippen LogP contribution < -0.4 is 0 Å². The van der Waals surface area contributed by atoms with E-state index in [-0.39, 0.29) is 5.97 Å². The third-order valence-corrected chi connectivity index (χ3v) is 10.00. The van der Waals surface area contributed by atoms with Gasteiger partial charge in [-0.2, -0.15) is 0 Å². The van der Waals surface area contributed by atoms with Gasteiger partial charge in [0.1, 0.15) is 0 Å². The normalized spacial score (nSPS) is 11.3. The third-order valence-electron chi connectivity index (χ3n) is 10.00. The van der Waals surface area contributed by atoms with Crippen LogP contribution in [0.5, 0.6) is 0 Å². The molecule has 0 bridgehead atoms. The maximum Gasteiger partial charge on any atom is 0.305 e. The number of hydrogen-bond acceptors (Lipinski definition) is 3. The molecule has 4 nitrogen and oxygen atoms in total. The Balaban J connectivity index is 3.06. The van der Waals surface area contributed by atoms with Crippen molar-refractivity contribution in [2.45, 2.75) is 250 Å². The van der Waals surface area contributed by atoms with Crippen LogP contribution in [0.25, 0.3) is 0 Å². The largest absolute Gasteiger partial charge is 0.481 e. The minimum atomic E-state index is -0.651. The molecule has 46 heavy (non-hydrogen) atoms. The molecule has 0 unspecified atom stereocenters. The Hall–Kier alpha value is -1.06. The lowest BCUT2D eigenvalue weighted by molar-refractivity contribution is -0.141. The van der Waals surface area contributed by atoms with Crippen LogP contribution in [0.3, 0.4) is 0 Å². The van der Waals surface area contributed by atoms with Gasteiger partial charge in [-0.15, -0.1) is 0 Å². The summed E-state index contributed by atoms with van der Waals surface area (Å²) in [7, 11) is 1.48. The van der Waals surface area contributed by atoms with Crippen molar-refractivity contribution in [2.75, 3.05) is 7.11 Å². The zero-order chi connectivity index (χ0) is 33.4. The molecule has 0 radical (unpaired) electrons. The van der Waals surface area contributed by atoms with Crippen molar-refractivity contribution in [2.24, 2.45) is 0 Å². The fraction of sp³-hybridized carbons (Fsp3) is 0.952. The summed E-state index contributed by atoms with van der Waals surface area (Å²) in [5.74, 6) is -0.715. The molecule has 4 heteroatoms. The zero-order valence-corrected chi connectivity index (χ0v) is 31.2. The minimum Gasteiger partial charge on any atom is -0.481 e. The minimum absolute atomic E-state index is 0.0641. The van der Waals surface area contributed by atoms with Crippen molar-refractivity contribution in [3.05, 3.63) is 0 Å². The van der Waals surface area contributed by atoms with E-state index in [4.69, 9.17) is 5.11 Å². The first kappa shape index (κ1) is 44.9. The van der Waals surface area contributed by atoms with Crippen LogP contribution in [0, 0.1) is 0 Å². The summed E-state index contributed by atoms with van der Waals surface area (Å²) in [6.45, 7) is 0. The van der Waals surface area contributed by atoms with Gasteiger partial charge in [-0.3, -0.25) is 9.59 Å². The molecular formula is C42H82O4. The summed E-state index contributed by atoms with van der Waals surface area (Å²) in [5.41, 5.74) is 0. The summed E-state index contributed by atoms with van der Waals surface area (Å²) in [4.78, 5) is 21.6. The molecule has 274 valence electrons. The summed E-state index contributed by atoms with van der Waals surface area (Å²) >= 11 is 0. The SMILES string of the molecule is COC(=O)CCCCCCCCCCCCCCCCCCCCCCCCCCCCCCCCCCCCCCCC(=O)O. The van der Waals surface area contributed by atoms with Gasteiger partial charge in [0.05, 0.1) is 7.11 Å². The molecule has 0 heterocycles. The Bertz CT molecular complexity index is 604. The van der Waals surface area contributed by atoms with Gasteiger partial charge in [-0.25, -0.2) is 0 Å². The monoisotopic (exact) mass is 651 g/mol. The van der Waals surface area contributed by atoms with E-state index in [2.05, 4.69) is 4.74 Å². The van der Waals surface area contributed by atoms with E-state index in [0.29, 0.717) is 12.8 Å². The Kier molecular flexibility index (Phi) is 39.2. The summed E-state index contributed by atoms with van der Waals surface area (Å²) in [6.07, 6.45) is 51.7. The van der Waals surface area contributed by atoms with Gasteiger partial charge in [0.25, 0.3) is 0 Å². The van der Waals surface area contributed by atoms with Gasteiger partial charge < -0.3 is 9.84 Å². The van der Waals surface area contributed by atoms with E-state index in [1.807, 2.05) is 0 Å². The fourth-order valence-corrected chi connectivity index (χ4v) is 6.83. The average molecular weight is 651 g/mol. The van der Waals surface area contributed by atoms with Gasteiger partial charge in [-0.05, 0) is 12.8 Å². The van der Waals surface area contributed by atoms with Gasteiger partial charge in [-0.1, -0.05) is 225 Å². The first-order valence-corrected chi connectivity index (χ1v) is 21.0. The lowest BCUT2D eigenvalue weighted by atomic mass is 10.0. The highest BCUT2D eigenvalue weighted by molar-refractivity contribution is 5.69. The number of aliphatic carboxylic acids is 1. The number of methoxy groups -OCH3 is 1. The molecule has 0 saturated heterocycles. The Morgan fingerprint density at radius 3 is 0.609 bits per heavy atom. The summed E-state index contributed by atoms with van der Waals surface area (Å²) in [5, 5.41) is 8.65. The molecule has 0 spiro atoms. The number of ether oxygens (including phenoxy) is 1. The molecule has 0 atom stereocenters. The molecule has 0 aliphatic carbocycles. The molecule has 0 saturated carbocycles. The van der Waals surface area contributed by atoms with Crippen LogP contribution in [0.4, 0.5) is 0 Å². The van der Waals surface area contributed by atoms with Crippen LogP contribution in [0.1, 0.15) is 250 Å². The van der Waals surface area contributed by atoms with Crippen LogP contribution >= 0.6 is 0 Å². The Morgan fingerprint density at radius 1 is 0.304 bits per heavy atom. The standard InChI is InChI=1S/C42H82O4/c1-46-42(45)40-38-36-34-32-30-28-26-24-22-20-18-16-14-12-10-8-6-4-2-3-5-7-9-11-13-15-17-19-21-23-25-27-29-31-33-35-37-39-41(43)44/h2-40H2,1H3,(H,43,44). The van der Waals surface area contributed by atoms with Crippen LogP contribution in [0.2, 0.25) is 0 Å². The van der Waals surface area contributed by atoms with Gasteiger partial charge in [0.15, 0.2) is 0 Å². The molecule has 0 amide bonds. The zero-order valence-electron chi connectivity index (χ0n) is 31.2. The highest BCUT2D eigenvalue weighted by atomic mass is 16.5. The maximum atomic E-state index is 11.1. The predicted molar refractivity (Wildman–Crippen MR) is 200 cm³/mol. The Morgan fingerprint density at radius 2 is 0.457 bits per heavy atom. The van der Waals surface area contributed by atoms with Crippen molar-refractivity contribution in [1.29, 1.82) is 0 Å². The third kappa shape index (κ3) is 41.0. The van der Waals surface area contributed by atoms with E-state index in [9.17, 15) is 9.59 Å². The second-order valence-electron chi connectivity index (χ2n) is 14.6. The summed E-state index contributed by atoms with van der Waals surface area (Å²) in [6, 6.07) is 0. The maximum absolute atomic E-state index is 11.1. The topological polar surface area (TPSA) is 63.6 Å². The van der Waals surface area contributed by atoms with E-state index >= 15 is 0 Å². The number of carboxylic acids is 1. The van der Waals surface area contributed by atoms with Crippen LogP contribution in [0.15, 0.2) is 0 Å². The van der Waals surface area contributed by atoms with Crippen molar-refractivity contribution >= 4 is 11.9 Å². The fourth-order valence-electron chi connectivity index (χ4n) is 6.83. The van der Waals surface area contributed by atoms with Crippen LogP contribution in [-0.4, -0.2) is 24.2 Å². The molecule has 0 aromatic carbocycles. The number of esters is 1. The van der Waals surface area contributed by atoms with Crippen LogP contribution in [-0.2, 0) is 14.3 Å². The van der Waals surface area contributed by atoms with E-state index in [1.54, 1.807) is 0 Å². The molecule has 0 aromatic heterocycles. The number of rotatable bonds is 40. The number of unbranched alkanes of at least 4 members (excludes halogenated alkanes) is 36. The van der Waals surface area contributed by atoms with Crippen molar-refractivity contribution < 1.29 is 19.4 Å². The lowest BCUT2D eigenvalue weighted by Crippen LogP contribution is -1.99. The number of carbonyl (C=O) groups excluding carboxylic acids is 1. The van der Waals surface area contributed by atoms with Gasteiger partial charge >= 0.3 is 11.9 Å². The molecule has 0 aliphatic rings. The lowest BCUT2D eigenvalue weighted by Gasteiger charge is -2.05. The first-order chi connectivity index (χ1) is 22.7. The molecule has 1 N–H and O–H groups in total. The average Bonchev–Trinajstić information content (AvgIpc) is 3.05. The van der Waals surface area contributed by atoms with Crippen molar-refractivity contribution in [1.82, 2.24) is 0 Å². The van der Waals surface area contributed by atoms with Crippen molar-refractivity contribution in [3.8, 4) is 0 Å². The molecule has 0 fully saturated rings. The second-order valence-corrected chi connectivity index (χ2v) is 14.6. The highest BCUT2D eigenvalue weighted by Crippen LogP contribution is 2.17. The van der Waals surface area contributed by atoms with Crippen molar-refractivity contribution in [3.63, 3.8) is 0 Å². The number of carboxylic acid groups (broad SMARTS) is 1. The number of hydrogen-bond donors (Lipinski definition) is 1. The predicted octanol–water partition coefficient (Wildman–Crippen LogP) is 14.5. The smallest absolute Gasteiger partial charge is 0.305 e. The van der Waals surface area contributed by atoms with E-state index in [0.717, 1.165) is 19.3 Å². The molecular weight excluding hydrogens is 568 g/mol. The molecule has 0 rings (SSSR count). The second kappa shape index (κ2) is 40.1. The summed E-state index contributed by atoms with van der Waals surface area (Å²) < 4.78 is 4.68. The highest BCUT2D eigenvalue weighted by Gasteiger charge is 2.00. The first-order valence-electron chi connectivity index (χ1n) is 21.0. The molecule has 0 aliphatic heterocycles. The quantitative estimate of drug-likeness (QED) is 0.0529.